The second-order valence-corrected chi connectivity index (χ2v) is 13.5. The Morgan fingerprint density at radius 2 is 1.53 bits per heavy atom. The minimum atomic E-state index is -5.14. The summed E-state index contributed by atoms with van der Waals surface area (Å²) in [5.41, 5.74) is 7.39. The minimum absolute atomic E-state index is 0.168. The van der Waals surface area contributed by atoms with Crippen molar-refractivity contribution in [2.75, 3.05) is 32.8 Å². The molecule has 0 aromatic heterocycles. The van der Waals surface area contributed by atoms with E-state index in [-0.39, 0.29) is 17.7 Å². The average Bonchev–Trinajstić information content (AvgIpc) is 3.52. The van der Waals surface area contributed by atoms with Crippen LogP contribution in [0.5, 0.6) is 11.5 Å². The monoisotopic (exact) mass is 688 g/mol. The normalized spacial score (nSPS) is 16.4. The maximum absolute atomic E-state index is 13.0. The van der Waals surface area contributed by atoms with Gasteiger partial charge in [0, 0.05) is 24.3 Å². The molecule has 0 saturated carbocycles. The van der Waals surface area contributed by atoms with Gasteiger partial charge in [-0.2, -0.15) is 16.8 Å². The van der Waals surface area contributed by atoms with Crippen molar-refractivity contribution in [3.8, 4) is 11.5 Å². The molecule has 4 rings (SSSR count). The number of nitrogens with two attached hydrogens (primary N) is 1. The number of primary amides is 1. The molecular weight excluding hydrogens is 650 g/mol. The highest BCUT2D eigenvalue weighted by atomic mass is 32.2. The van der Waals surface area contributed by atoms with Crippen molar-refractivity contribution < 1.29 is 49.6 Å². The predicted octanol–water partition coefficient (Wildman–Crippen LogP) is 2.86. The molecule has 252 valence electrons. The molecule has 0 spiro atoms. The van der Waals surface area contributed by atoms with Gasteiger partial charge in [-0.25, -0.2) is 4.58 Å². The summed E-state index contributed by atoms with van der Waals surface area (Å²) in [4.78, 5) is 24.3. The van der Waals surface area contributed by atoms with E-state index in [2.05, 4.69) is 4.58 Å². The Hall–Kier alpha value is -4.31. The topological polar surface area (TPSA) is 194 Å². The van der Waals surface area contributed by atoms with E-state index in [9.17, 15) is 35.5 Å². The number of allylic oxidation sites excluding steroid dienone is 5. The molecular formula is C32H38N3O10S2+. The summed E-state index contributed by atoms with van der Waals surface area (Å²) in [5, 5.41) is 0. The van der Waals surface area contributed by atoms with Gasteiger partial charge in [0.15, 0.2) is 12.3 Å². The number of ether oxygens (including phenoxy) is 2. The number of nitrogens with zero attached hydrogens (tertiary/aromatic N) is 2. The highest BCUT2D eigenvalue weighted by Crippen LogP contribution is 2.39. The Morgan fingerprint density at radius 1 is 0.915 bits per heavy atom. The van der Waals surface area contributed by atoms with Gasteiger partial charge < -0.3 is 20.1 Å². The molecule has 1 aliphatic carbocycles. The molecule has 15 heteroatoms. The molecule has 2 amide bonds. The first-order chi connectivity index (χ1) is 22.2. The summed E-state index contributed by atoms with van der Waals surface area (Å²) in [5.74, 6) is -1.38. The van der Waals surface area contributed by atoms with Crippen LogP contribution in [0.25, 0.3) is 5.57 Å². The van der Waals surface area contributed by atoms with Gasteiger partial charge in [0.05, 0.1) is 6.61 Å². The molecule has 2 aromatic rings. The Balaban J connectivity index is 1.95. The largest absolute Gasteiger partial charge is 0.494 e. The van der Waals surface area contributed by atoms with E-state index in [0.29, 0.717) is 42.4 Å². The fourth-order valence-electron chi connectivity index (χ4n) is 5.64. The molecule has 1 aliphatic heterocycles. The second-order valence-electron chi connectivity index (χ2n) is 10.7. The molecule has 2 aromatic carbocycles. The predicted molar refractivity (Wildman–Crippen MR) is 174 cm³/mol. The maximum Gasteiger partial charge on any atom is 0.298 e. The number of hydrogen-bond donors (Lipinski definition) is 3. The number of carbonyl (C=O) groups excluding carboxylic acids is 2. The average molecular weight is 689 g/mol. The van der Waals surface area contributed by atoms with Crippen molar-refractivity contribution in [2.45, 2.75) is 49.4 Å². The van der Waals surface area contributed by atoms with E-state index in [1.165, 1.54) is 4.90 Å². The molecule has 1 heterocycles. The summed E-state index contributed by atoms with van der Waals surface area (Å²) in [7, 11) is -10.3. The van der Waals surface area contributed by atoms with Gasteiger partial charge in [0.25, 0.3) is 26.1 Å². The number of carbonyl (C=O) groups is 2. The van der Waals surface area contributed by atoms with Crippen LogP contribution < -0.4 is 15.2 Å². The van der Waals surface area contributed by atoms with E-state index in [1.54, 1.807) is 36.4 Å². The third kappa shape index (κ3) is 8.16. The summed E-state index contributed by atoms with van der Waals surface area (Å²) in [6.45, 7) is 7.20. The molecule has 1 saturated heterocycles. The van der Waals surface area contributed by atoms with E-state index in [1.807, 2.05) is 32.9 Å². The first-order valence-corrected chi connectivity index (χ1v) is 17.9. The molecule has 4 N–H and O–H groups in total. The van der Waals surface area contributed by atoms with E-state index in [4.69, 9.17) is 15.2 Å². The van der Waals surface area contributed by atoms with Crippen LogP contribution in [-0.4, -0.2) is 91.8 Å². The molecule has 47 heavy (non-hydrogen) atoms. The molecule has 13 nitrogen and oxygen atoms in total. The summed E-state index contributed by atoms with van der Waals surface area (Å²) in [6.07, 6.45) is 8.08. The Morgan fingerprint density at radius 3 is 2.06 bits per heavy atom. The van der Waals surface area contributed by atoms with Crippen molar-refractivity contribution in [2.24, 2.45) is 5.73 Å². The van der Waals surface area contributed by atoms with Crippen LogP contribution in [-0.2, 0) is 29.8 Å². The first-order valence-electron chi connectivity index (χ1n) is 15.0. The van der Waals surface area contributed by atoms with Gasteiger partial charge in [-0.15, -0.1) is 0 Å². The Labute approximate surface area is 274 Å². The van der Waals surface area contributed by atoms with Gasteiger partial charge in [-0.1, -0.05) is 12.1 Å². The van der Waals surface area contributed by atoms with Crippen LogP contribution >= 0.6 is 0 Å². The zero-order chi connectivity index (χ0) is 34.5. The third-order valence-electron chi connectivity index (χ3n) is 7.86. The Kier molecular flexibility index (Phi) is 11.1. The highest BCUT2D eigenvalue weighted by molar-refractivity contribution is 7.86. The molecule has 0 radical (unpaired) electrons. The number of benzene rings is 2. The maximum atomic E-state index is 13.0. The first kappa shape index (κ1) is 35.5. The summed E-state index contributed by atoms with van der Waals surface area (Å²) in [6, 6.07) is 7.45. The van der Waals surface area contributed by atoms with Crippen LogP contribution in [0.15, 0.2) is 76.1 Å². The molecule has 2 aliphatic rings. The summed E-state index contributed by atoms with van der Waals surface area (Å²) < 4.78 is 84.2. The zero-order valence-electron chi connectivity index (χ0n) is 26.2. The fourth-order valence-corrected chi connectivity index (χ4v) is 7.06. The minimum Gasteiger partial charge on any atom is -0.494 e. The Bertz CT molecular complexity index is 1870. The lowest BCUT2D eigenvalue weighted by atomic mass is 9.90. The standard InChI is InChI=1S/C32H37N3O10S2/c1-4-34(5-2)23-13-9-21(10-14-23)31(22-11-15-24(16-12-22)44-6-3)25-18-27(29(47(41,42)43)19-28(25)46(38,39)40)45-20-30(36)35-17-7-8-26(35)32(33)37/h9-16,18-19,26H,4-8,17,20H2,1-3H3,(H3-,33,37,38,39,40,41,42,43)/p+1. The van der Waals surface area contributed by atoms with E-state index < -0.39 is 60.2 Å². The second kappa shape index (κ2) is 14.6. The van der Waals surface area contributed by atoms with Crippen LogP contribution in [0, 0.1) is 0 Å². The SMILES string of the molecule is CCOc1ccc(C(=C2C=CC(=[N+](CC)CC)C=C2)c2cc(OCC(=O)N3CCCC3C(N)=O)c(S(=O)(=O)O)cc2S(=O)(=O)O)cc1. The van der Waals surface area contributed by atoms with E-state index >= 15 is 0 Å². The lowest BCUT2D eigenvalue weighted by Gasteiger charge is -2.23. The quantitative estimate of drug-likeness (QED) is 0.221. The number of hydrogen-bond acceptors (Lipinski definition) is 8. The lowest BCUT2D eigenvalue weighted by molar-refractivity contribution is -0.519. The van der Waals surface area contributed by atoms with Crippen molar-refractivity contribution in [3.05, 3.63) is 77.4 Å². The molecule has 1 atom stereocenters. The number of amides is 2. The highest BCUT2D eigenvalue weighted by Gasteiger charge is 2.34. The number of likely N-dealkylation sites (tertiary alicyclic amines) is 1. The smallest absolute Gasteiger partial charge is 0.298 e. The lowest BCUT2D eigenvalue weighted by Crippen LogP contribution is -2.45. The van der Waals surface area contributed by atoms with Crippen LogP contribution in [0.1, 0.15) is 44.7 Å². The van der Waals surface area contributed by atoms with Gasteiger partial charge in [0.1, 0.15) is 40.4 Å². The fraction of sp³-hybridized carbons (Fsp3) is 0.344. The van der Waals surface area contributed by atoms with Crippen molar-refractivity contribution >= 4 is 43.3 Å². The van der Waals surface area contributed by atoms with Crippen molar-refractivity contribution in [1.29, 1.82) is 0 Å². The van der Waals surface area contributed by atoms with Gasteiger partial charge >= 0.3 is 0 Å². The molecule has 1 fully saturated rings. The van der Waals surface area contributed by atoms with Gasteiger partial charge in [-0.3, -0.25) is 18.7 Å². The van der Waals surface area contributed by atoms with Crippen molar-refractivity contribution in [1.82, 2.24) is 4.90 Å². The van der Waals surface area contributed by atoms with Crippen LogP contribution in [0.3, 0.4) is 0 Å². The molecule has 1 unspecified atom stereocenters. The van der Waals surface area contributed by atoms with Gasteiger partial charge in [-0.05, 0) is 86.7 Å². The van der Waals surface area contributed by atoms with Crippen molar-refractivity contribution in [3.63, 3.8) is 0 Å². The van der Waals surface area contributed by atoms with Crippen LogP contribution in [0.2, 0.25) is 0 Å². The molecule has 0 bridgehead atoms. The summed E-state index contributed by atoms with van der Waals surface area (Å²) >= 11 is 0. The van der Waals surface area contributed by atoms with Crippen LogP contribution in [0.4, 0.5) is 0 Å². The van der Waals surface area contributed by atoms with Gasteiger partial charge in [0.2, 0.25) is 5.91 Å². The van der Waals surface area contributed by atoms with E-state index in [0.717, 1.165) is 24.9 Å². The zero-order valence-corrected chi connectivity index (χ0v) is 27.9. The number of rotatable bonds is 12. The third-order valence-corrected chi connectivity index (χ3v) is 9.63.